The molecule has 0 fully saturated rings. The quantitative estimate of drug-likeness (QED) is 0.619. The highest BCUT2D eigenvalue weighted by Gasteiger charge is 1.95. The van der Waals surface area contributed by atoms with Gasteiger partial charge in [0.05, 0.1) is 6.61 Å². The minimum atomic E-state index is -0.303. The fourth-order valence-electron chi connectivity index (χ4n) is 1.40. The van der Waals surface area contributed by atoms with Gasteiger partial charge in [-0.25, -0.2) is 4.79 Å². The summed E-state index contributed by atoms with van der Waals surface area (Å²) < 4.78 is 4.78. The summed E-state index contributed by atoms with van der Waals surface area (Å²) in [5.41, 5.74) is 2.18. The number of esters is 1. The van der Waals surface area contributed by atoms with Gasteiger partial charge in [-0.3, -0.25) is 0 Å². The molecule has 0 aliphatic carbocycles. The molecule has 0 unspecified atom stereocenters. The zero-order valence-corrected chi connectivity index (χ0v) is 11.1. The predicted molar refractivity (Wildman–Crippen MR) is 75.0 cm³/mol. The Labute approximate surface area is 108 Å². The molecule has 0 bridgehead atoms. The first-order valence-electron chi connectivity index (χ1n) is 5.98. The number of nitrogens with one attached hydrogen (secondary N) is 1. The van der Waals surface area contributed by atoms with E-state index in [-0.39, 0.29) is 5.97 Å². The molecule has 0 saturated heterocycles. The Morgan fingerprint density at radius 3 is 2.56 bits per heavy atom. The maximum atomic E-state index is 11.0. The Balaban J connectivity index is 2.37. The number of rotatable bonds is 6. The average Bonchev–Trinajstić information content (AvgIpc) is 2.35. The number of nitrogens with zero attached hydrogens (tertiary/aromatic N) is 1. The number of hydrogen-bond acceptors (Lipinski definition) is 4. The van der Waals surface area contributed by atoms with Gasteiger partial charge in [-0.2, -0.15) is 0 Å². The summed E-state index contributed by atoms with van der Waals surface area (Å²) in [6, 6.07) is 8.09. The van der Waals surface area contributed by atoms with Gasteiger partial charge >= 0.3 is 5.97 Å². The van der Waals surface area contributed by atoms with Crippen molar-refractivity contribution in [1.82, 2.24) is 0 Å². The Morgan fingerprint density at radius 2 is 2.00 bits per heavy atom. The van der Waals surface area contributed by atoms with E-state index in [0.29, 0.717) is 13.2 Å². The number of hydrogen-bond donors (Lipinski definition) is 1. The summed E-state index contributed by atoms with van der Waals surface area (Å²) in [7, 11) is 4.01. The number of anilines is 2. The van der Waals surface area contributed by atoms with E-state index >= 15 is 0 Å². The number of ether oxygens (including phenoxy) is 1. The third kappa shape index (κ3) is 4.91. The van der Waals surface area contributed by atoms with E-state index in [1.807, 2.05) is 43.3 Å². The maximum Gasteiger partial charge on any atom is 0.330 e. The summed E-state index contributed by atoms with van der Waals surface area (Å²) in [5.74, 6) is -0.303. The Morgan fingerprint density at radius 1 is 1.33 bits per heavy atom. The van der Waals surface area contributed by atoms with Crippen LogP contribution in [0.3, 0.4) is 0 Å². The standard InChI is InChI=1S/C14H20N2O2/c1-4-18-14(17)6-5-11-15-12-7-9-13(10-8-12)16(2)3/h5-10,15H,4,11H2,1-3H3/b6-5+. The Hall–Kier alpha value is -1.97. The zero-order chi connectivity index (χ0) is 13.4. The lowest BCUT2D eigenvalue weighted by molar-refractivity contribution is -0.137. The molecule has 0 amide bonds. The van der Waals surface area contributed by atoms with Gasteiger partial charge in [0.1, 0.15) is 0 Å². The highest BCUT2D eigenvalue weighted by molar-refractivity contribution is 5.81. The van der Waals surface area contributed by atoms with Crippen LogP contribution in [0.25, 0.3) is 0 Å². The number of carbonyl (C=O) groups is 1. The van der Waals surface area contributed by atoms with Crippen molar-refractivity contribution < 1.29 is 9.53 Å². The van der Waals surface area contributed by atoms with Gasteiger partial charge in [0.2, 0.25) is 0 Å². The van der Waals surface area contributed by atoms with Crippen molar-refractivity contribution in [2.75, 3.05) is 37.5 Å². The van der Waals surface area contributed by atoms with Crippen LogP contribution in [0.5, 0.6) is 0 Å². The molecule has 0 aromatic heterocycles. The van der Waals surface area contributed by atoms with Crippen LogP contribution >= 0.6 is 0 Å². The molecule has 4 heteroatoms. The van der Waals surface area contributed by atoms with E-state index in [1.54, 1.807) is 13.0 Å². The summed E-state index contributed by atoms with van der Waals surface area (Å²) in [6.45, 7) is 2.79. The monoisotopic (exact) mass is 248 g/mol. The van der Waals surface area contributed by atoms with E-state index in [1.165, 1.54) is 6.08 Å². The summed E-state index contributed by atoms with van der Waals surface area (Å²) in [6.07, 6.45) is 3.18. The van der Waals surface area contributed by atoms with Crippen LogP contribution in [0, 0.1) is 0 Å². The van der Waals surface area contributed by atoms with Crippen LogP contribution in [-0.4, -0.2) is 33.2 Å². The fourth-order valence-corrected chi connectivity index (χ4v) is 1.40. The summed E-state index contributed by atoms with van der Waals surface area (Å²) >= 11 is 0. The predicted octanol–water partition coefficient (Wildman–Crippen LogP) is 2.28. The Kier molecular flexibility index (Phi) is 5.77. The van der Waals surface area contributed by atoms with Gasteiger partial charge in [0, 0.05) is 38.1 Å². The molecule has 4 nitrogen and oxygen atoms in total. The molecule has 0 atom stereocenters. The van der Waals surface area contributed by atoms with Gasteiger partial charge in [0.25, 0.3) is 0 Å². The molecular weight excluding hydrogens is 228 g/mol. The van der Waals surface area contributed by atoms with E-state index in [9.17, 15) is 4.79 Å². The van der Waals surface area contributed by atoms with Gasteiger partial charge in [0.15, 0.2) is 0 Å². The minimum absolute atomic E-state index is 0.303. The first-order valence-corrected chi connectivity index (χ1v) is 5.98. The molecule has 0 saturated carbocycles. The SMILES string of the molecule is CCOC(=O)/C=C/CNc1ccc(N(C)C)cc1. The van der Waals surface area contributed by atoms with Crippen molar-refractivity contribution in [1.29, 1.82) is 0 Å². The molecule has 1 N–H and O–H groups in total. The summed E-state index contributed by atoms with van der Waals surface area (Å²) in [5, 5.41) is 3.20. The highest BCUT2D eigenvalue weighted by atomic mass is 16.5. The second-order valence-corrected chi connectivity index (χ2v) is 3.98. The van der Waals surface area contributed by atoms with Gasteiger partial charge < -0.3 is 15.0 Å². The van der Waals surface area contributed by atoms with Crippen LogP contribution in [0.4, 0.5) is 11.4 Å². The van der Waals surface area contributed by atoms with E-state index in [0.717, 1.165) is 11.4 Å². The van der Waals surface area contributed by atoms with Crippen LogP contribution in [-0.2, 0) is 9.53 Å². The highest BCUT2D eigenvalue weighted by Crippen LogP contribution is 2.15. The van der Waals surface area contributed by atoms with Crippen molar-refractivity contribution in [3.05, 3.63) is 36.4 Å². The topological polar surface area (TPSA) is 41.6 Å². The second kappa shape index (κ2) is 7.37. The second-order valence-electron chi connectivity index (χ2n) is 3.98. The largest absolute Gasteiger partial charge is 0.463 e. The van der Waals surface area contributed by atoms with Crippen LogP contribution in [0.15, 0.2) is 36.4 Å². The zero-order valence-electron chi connectivity index (χ0n) is 11.1. The number of benzene rings is 1. The van der Waals surface area contributed by atoms with Crippen molar-refractivity contribution in [3.8, 4) is 0 Å². The third-order valence-corrected chi connectivity index (χ3v) is 2.35. The third-order valence-electron chi connectivity index (χ3n) is 2.35. The van der Waals surface area contributed by atoms with Crippen molar-refractivity contribution in [3.63, 3.8) is 0 Å². The van der Waals surface area contributed by atoms with Crippen molar-refractivity contribution in [2.24, 2.45) is 0 Å². The summed E-state index contributed by atoms with van der Waals surface area (Å²) in [4.78, 5) is 13.1. The van der Waals surface area contributed by atoms with E-state index in [4.69, 9.17) is 4.74 Å². The van der Waals surface area contributed by atoms with Crippen LogP contribution in [0.2, 0.25) is 0 Å². The first-order chi connectivity index (χ1) is 8.63. The van der Waals surface area contributed by atoms with Gasteiger partial charge in [-0.05, 0) is 31.2 Å². The molecule has 0 spiro atoms. The molecule has 1 rings (SSSR count). The molecule has 18 heavy (non-hydrogen) atoms. The minimum Gasteiger partial charge on any atom is -0.463 e. The molecular formula is C14H20N2O2. The Bertz CT molecular complexity index is 397. The lowest BCUT2D eigenvalue weighted by atomic mass is 10.2. The van der Waals surface area contributed by atoms with Crippen molar-refractivity contribution in [2.45, 2.75) is 6.92 Å². The lowest BCUT2D eigenvalue weighted by Gasteiger charge is -2.12. The van der Waals surface area contributed by atoms with E-state index < -0.39 is 0 Å². The number of carbonyl (C=O) groups excluding carboxylic acids is 1. The van der Waals surface area contributed by atoms with Gasteiger partial charge in [-0.1, -0.05) is 6.08 Å². The van der Waals surface area contributed by atoms with Crippen LogP contribution in [0.1, 0.15) is 6.92 Å². The fraction of sp³-hybridized carbons (Fsp3) is 0.357. The van der Waals surface area contributed by atoms with Gasteiger partial charge in [-0.15, -0.1) is 0 Å². The molecule has 0 radical (unpaired) electrons. The lowest BCUT2D eigenvalue weighted by Crippen LogP contribution is -2.08. The normalized spacial score (nSPS) is 10.4. The molecule has 1 aromatic rings. The first kappa shape index (κ1) is 14.1. The molecule has 0 heterocycles. The molecule has 0 aliphatic heterocycles. The smallest absolute Gasteiger partial charge is 0.330 e. The van der Waals surface area contributed by atoms with Crippen LogP contribution < -0.4 is 10.2 Å². The molecule has 1 aromatic carbocycles. The van der Waals surface area contributed by atoms with Crippen molar-refractivity contribution >= 4 is 17.3 Å². The van der Waals surface area contributed by atoms with E-state index in [2.05, 4.69) is 5.32 Å². The molecule has 98 valence electrons. The maximum absolute atomic E-state index is 11.0. The molecule has 0 aliphatic rings. The average molecular weight is 248 g/mol.